The van der Waals surface area contributed by atoms with Crippen molar-refractivity contribution in [2.75, 3.05) is 0 Å². The molecule has 4 heterocycles. The largest absolute Gasteiger partial charge is 0.512 e. The second-order valence-electron chi connectivity index (χ2n) is 29.3. The summed E-state index contributed by atoms with van der Waals surface area (Å²) in [5.41, 5.74) is 10.1. The van der Waals surface area contributed by atoms with Crippen molar-refractivity contribution >= 4 is 70.4 Å². The second kappa shape index (κ2) is 25.3. The fourth-order valence-electron chi connectivity index (χ4n) is 12.9. The normalized spacial score (nSPS) is 13.3. The van der Waals surface area contributed by atoms with E-state index in [9.17, 15) is 9.90 Å². The van der Waals surface area contributed by atoms with Crippen LogP contribution in [0.1, 0.15) is 167 Å². The molecular formula is C80H90IrN2O4-2. The summed E-state index contributed by atoms with van der Waals surface area (Å²) in [4.78, 5) is 21.2. The number of carbonyl (C=O) groups is 1. The fraction of sp³-hybridized carbons (Fsp3) is 0.388. The number of allylic oxidation sites excluding steroid dienone is 2. The summed E-state index contributed by atoms with van der Waals surface area (Å²) in [6, 6.07) is 43.7. The fourth-order valence-corrected chi connectivity index (χ4v) is 12.9. The van der Waals surface area contributed by atoms with Crippen LogP contribution in [0.2, 0.25) is 0 Å². The number of nitrogens with zero attached hydrogens (tertiary/aromatic N) is 2. The van der Waals surface area contributed by atoms with Crippen LogP contribution in [0.25, 0.3) is 87.1 Å². The van der Waals surface area contributed by atoms with Crippen LogP contribution in [0, 0.1) is 52.6 Å². The zero-order chi connectivity index (χ0) is 63.5. The van der Waals surface area contributed by atoms with E-state index in [1.165, 1.54) is 44.7 Å². The Morgan fingerprint density at radius 2 is 0.954 bits per heavy atom. The van der Waals surface area contributed by atoms with Gasteiger partial charge in [-0.15, -0.1) is 35.0 Å². The van der Waals surface area contributed by atoms with Crippen molar-refractivity contribution in [1.82, 2.24) is 9.97 Å². The molecule has 7 heteroatoms. The third-order valence-electron chi connectivity index (χ3n) is 16.8. The quantitative estimate of drug-likeness (QED) is 0.0601. The molecule has 2 aromatic heterocycles. The molecule has 1 N–H and O–H groups in total. The summed E-state index contributed by atoms with van der Waals surface area (Å²) >= 11 is 0. The number of aliphatic hydroxyl groups is 1. The first-order chi connectivity index (χ1) is 41.4. The average molecular weight is 1340 g/mol. The molecule has 2 aliphatic rings. The van der Waals surface area contributed by atoms with Gasteiger partial charge >= 0.3 is 0 Å². The second-order valence-corrected chi connectivity index (χ2v) is 29.3. The van der Waals surface area contributed by atoms with Crippen molar-refractivity contribution in [3.63, 3.8) is 0 Å². The zero-order valence-corrected chi connectivity index (χ0v) is 57.0. The molecule has 1 radical (unpaired) electrons. The van der Waals surface area contributed by atoms with E-state index >= 15 is 0 Å². The molecule has 0 saturated carbocycles. The van der Waals surface area contributed by atoms with Gasteiger partial charge in [-0.05, 0) is 148 Å². The third-order valence-corrected chi connectivity index (χ3v) is 16.8. The summed E-state index contributed by atoms with van der Waals surface area (Å²) in [6.45, 7) is 37.3. The molecule has 10 aromatic rings. The average Bonchev–Trinajstić information content (AvgIpc) is 0.733. The van der Waals surface area contributed by atoms with Crippen LogP contribution in [0.5, 0.6) is 23.0 Å². The minimum absolute atomic E-state index is 0. The molecule has 0 aliphatic carbocycles. The number of benzene rings is 8. The maximum atomic E-state index is 11.7. The van der Waals surface area contributed by atoms with Crippen molar-refractivity contribution in [1.29, 1.82) is 0 Å². The van der Waals surface area contributed by atoms with Gasteiger partial charge in [0.05, 0.1) is 20.0 Å². The molecule has 6 nitrogen and oxygen atoms in total. The Balaban J connectivity index is 0.000000172. The first-order valence-electron chi connectivity index (χ1n) is 32.4. The monoisotopic (exact) mass is 1340 g/mol. The van der Waals surface area contributed by atoms with Crippen LogP contribution in [0.15, 0.2) is 127 Å². The van der Waals surface area contributed by atoms with E-state index < -0.39 is 0 Å². The van der Waals surface area contributed by atoms with Gasteiger partial charge in [-0.25, -0.2) is 0 Å². The van der Waals surface area contributed by atoms with Gasteiger partial charge in [-0.3, -0.25) is 14.8 Å². The van der Waals surface area contributed by atoms with Crippen molar-refractivity contribution in [3.05, 3.63) is 167 Å². The summed E-state index contributed by atoms with van der Waals surface area (Å²) in [5, 5.41) is 22.8. The van der Waals surface area contributed by atoms with Crippen LogP contribution in [0.4, 0.5) is 0 Å². The van der Waals surface area contributed by atoms with E-state index in [0.29, 0.717) is 0 Å². The number of ketones is 1. The number of hydrogen-bond acceptors (Lipinski definition) is 6. The molecule has 0 spiro atoms. The first-order valence-corrected chi connectivity index (χ1v) is 31.4. The number of fused-ring (bicyclic) bond motifs is 10. The number of aromatic nitrogens is 2. The molecule has 87 heavy (non-hydrogen) atoms. The SMILES string of the molecule is CCC(CC)C(=O)/C=C(\O)C(CC)CC.[2H]c1cc2c3c(cc4cc(CC(C)(C)C)ccc42)Oc2c([c-]c4cc(C)ccc4c2CC(C)(C)C)-c3n1.[2H]c1cc2c3c(cc4cc(CC(C)(C)C)ccc42)Oc2c([c-]c4ccccc4c2CC(C)(C)C)-c3n1.[Ir]. The Labute approximate surface area is 534 Å². The summed E-state index contributed by atoms with van der Waals surface area (Å²) in [5.74, 6) is 3.86. The number of hydrogen-bond donors (Lipinski definition) is 1. The summed E-state index contributed by atoms with van der Waals surface area (Å²) < 4.78 is 30.8. The third kappa shape index (κ3) is 14.0. The number of aliphatic hydroxyl groups excluding tert-OH is 1. The Morgan fingerprint density at radius 1 is 0.529 bits per heavy atom. The van der Waals surface area contributed by atoms with Gasteiger partial charge in [-0.2, -0.15) is 0 Å². The molecule has 0 fully saturated rings. The number of pyridine rings is 2. The molecule has 0 saturated heterocycles. The molecule has 0 bridgehead atoms. The summed E-state index contributed by atoms with van der Waals surface area (Å²) in [7, 11) is 0. The molecule has 455 valence electrons. The summed E-state index contributed by atoms with van der Waals surface area (Å²) in [6.07, 6.45) is 9.18. The number of carbonyl (C=O) groups excluding carboxylic acids is 1. The topological polar surface area (TPSA) is 81.5 Å². The predicted octanol–water partition coefficient (Wildman–Crippen LogP) is 22.8. The minimum Gasteiger partial charge on any atom is -0.512 e. The molecule has 0 unspecified atom stereocenters. The van der Waals surface area contributed by atoms with E-state index in [4.69, 9.17) is 22.2 Å². The minimum atomic E-state index is 0. The van der Waals surface area contributed by atoms with Gasteiger partial charge in [0.2, 0.25) is 0 Å². The molecule has 12 rings (SSSR count). The van der Waals surface area contributed by atoms with Crippen molar-refractivity contribution in [2.24, 2.45) is 33.5 Å². The Morgan fingerprint density at radius 3 is 1.40 bits per heavy atom. The molecule has 2 aliphatic heterocycles. The maximum absolute atomic E-state index is 11.7. The maximum Gasteiger partial charge on any atom is 0.162 e. The Kier molecular flexibility index (Phi) is 17.9. The smallest absolute Gasteiger partial charge is 0.162 e. The number of aryl methyl sites for hydroxylation is 1. The zero-order valence-electron chi connectivity index (χ0n) is 56.6. The number of ether oxygens (including phenoxy) is 2. The van der Waals surface area contributed by atoms with Gasteiger partial charge in [0.1, 0.15) is 11.5 Å². The van der Waals surface area contributed by atoms with E-state index in [0.717, 1.165) is 151 Å². The van der Waals surface area contributed by atoms with E-state index in [1.54, 1.807) is 0 Å². The molecule has 0 amide bonds. The molecule has 8 aromatic carbocycles. The number of rotatable bonds is 11. The Hall–Kier alpha value is -6.92. The van der Waals surface area contributed by atoms with E-state index in [-0.39, 0.29) is 77.5 Å². The predicted molar refractivity (Wildman–Crippen MR) is 363 cm³/mol. The van der Waals surface area contributed by atoms with Gasteiger partial charge < -0.3 is 14.6 Å². The van der Waals surface area contributed by atoms with E-state index in [2.05, 4.69) is 193 Å². The van der Waals surface area contributed by atoms with Gasteiger partial charge in [-0.1, -0.05) is 216 Å². The standard InChI is InChI=1S/C34H34NO.C33H32NO.C13H24O2.Ir/c1-20-8-10-25-22(14-20)16-27-31-30-26(12-13-35-31)24-11-9-21(18-33(2,3)4)15-23(24)17-29(30)36-32(27)28(25)19-34(5,6)7;1-32(2,3)18-20-11-12-24-22(15-20)17-28-29-25(24)13-14-34-30(29)26-16-21-9-7-8-10-23(21)27(31(26)35-28)19-33(4,5)6;1-5-10(6-2)12(14)9-13(15)11(7-3)8-4;/h8-15,17H,18-19H2,1-7H3;7-15,17H,18-19H2,1-6H3;9-11,14H,5-8H2,1-4H3;/q2*-1;;/b;;12-9-;/i13D;14D;;. The molecule has 0 atom stereocenters. The van der Waals surface area contributed by atoms with Gasteiger partial charge in [0.25, 0.3) is 0 Å². The van der Waals surface area contributed by atoms with Crippen molar-refractivity contribution in [2.45, 2.75) is 169 Å². The van der Waals surface area contributed by atoms with Gasteiger partial charge in [0, 0.05) is 72.5 Å². The first kappa shape index (κ1) is 61.7. The van der Waals surface area contributed by atoms with Crippen LogP contribution < -0.4 is 9.47 Å². The molecular weight excluding hydrogens is 1250 g/mol. The van der Waals surface area contributed by atoms with Crippen molar-refractivity contribution in [3.8, 4) is 45.5 Å². The van der Waals surface area contributed by atoms with Gasteiger partial charge in [0.15, 0.2) is 5.78 Å². The van der Waals surface area contributed by atoms with E-state index in [1.807, 2.05) is 39.8 Å². The van der Waals surface area contributed by atoms with Crippen molar-refractivity contribution < 1.29 is 42.2 Å². The van der Waals surface area contributed by atoms with Crippen LogP contribution in [-0.2, 0) is 50.6 Å². The van der Waals surface area contributed by atoms with Crippen LogP contribution in [0.3, 0.4) is 0 Å². The van der Waals surface area contributed by atoms with Crippen LogP contribution in [-0.4, -0.2) is 20.9 Å². The Bertz CT molecular complexity index is 4390. The van der Waals surface area contributed by atoms with Crippen LogP contribution >= 0.6 is 0 Å².